The quantitative estimate of drug-likeness (QED) is 0.469. The van der Waals surface area contributed by atoms with Crippen molar-refractivity contribution in [3.63, 3.8) is 0 Å². The lowest BCUT2D eigenvalue weighted by Crippen LogP contribution is -2.37. The summed E-state index contributed by atoms with van der Waals surface area (Å²) < 4.78 is 1.84. The Bertz CT molecular complexity index is 994. The number of carbonyl (C=O) groups excluding carboxylic acids is 1. The lowest BCUT2D eigenvalue weighted by atomic mass is 10.1. The number of aliphatic imine (C=N–C) groups is 1. The minimum atomic E-state index is 0.0135. The first-order valence-electron chi connectivity index (χ1n) is 9.91. The molecule has 7 heteroatoms. The highest BCUT2D eigenvalue weighted by Crippen LogP contribution is 2.10. The second kappa shape index (κ2) is 10.2. The Morgan fingerprint density at radius 2 is 1.87 bits per heavy atom. The average molecular weight is 405 g/mol. The summed E-state index contributed by atoms with van der Waals surface area (Å²) in [6, 6.07) is 17.9. The number of nitrogens with zero attached hydrogens (tertiary/aromatic N) is 4. The maximum absolute atomic E-state index is 12.1. The predicted molar refractivity (Wildman–Crippen MR) is 120 cm³/mol. The monoisotopic (exact) mass is 404 g/mol. The molecule has 2 N–H and O–H groups in total. The fraction of sp³-hybridized carbons (Fsp3) is 0.261. The zero-order valence-electron chi connectivity index (χ0n) is 17.7. The van der Waals surface area contributed by atoms with E-state index in [0.29, 0.717) is 18.7 Å². The van der Waals surface area contributed by atoms with Crippen LogP contribution in [0.2, 0.25) is 0 Å². The average Bonchev–Trinajstić information content (AvgIpc) is 3.31. The van der Waals surface area contributed by atoms with Crippen molar-refractivity contribution in [1.29, 1.82) is 0 Å². The first-order valence-corrected chi connectivity index (χ1v) is 9.91. The van der Waals surface area contributed by atoms with Crippen molar-refractivity contribution in [2.75, 3.05) is 27.7 Å². The molecule has 0 unspecified atom stereocenters. The highest BCUT2D eigenvalue weighted by Gasteiger charge is 2.08. The number of nitrogens with one attached hydrogen (secondary N) is 2. The lowest BCUT2D eigenvalue weighted by Gasteiger charge is -2.13. The van der Waals surface area contributed by atoms with Crippen molar-refractivity contribution in [2.45, 2.75) is 13.0 Å². The first kappa shape index (κ1) is 21.1. The third-order valence-electron chi connectivity index (χ3n) is 4.65. The molecule has 0 fully saturated rings. The van der Waals surface area contributed by atoms with Crippen LogP contribution in [0.5, 0.6) is 0 Å². The van der Waals surface area contributed by atoms with Crippen LogP contribution in [0.15, 0.2) is 72.0 Å². The Hall–Kier alpha value is -3.61. The van der Waals surface area contributed by atoms with Crippen molar-refractivity contribution in [3.8, 4) is 5.69 Å². The van der Waals surface area contributed by atoms with Crippen molar-refractivity contribution < 1.29 is 4.79 Å². The van der Waals surface area contributed by atoms with Crippen LogP contribution in [0.4, 0.5) is 0 Å². The molecule has 0 atom stereocenters. The number of carbonyl (C=O) groups is 1. The van der Waals surface area contributed by atoms with Crippen LogP contribution >= 0.6 is 0 Å². The maximum Gasteiger partial charge on any atom is 0.253 e. The first-order chi connectivity index (χ1) is 14.6. The third-order valence-corrected chi connectivity index (χ3v) is 4.65. The number of amides is 1. The van der Waals surface area contributed by atoms with E-state index < -0.39 is 0 Å². The normalized spacial score (nSPS) is 11.2. The molecule has 0 saturated heterocycles. The van der Waals surface area contributed by atoms with E-state index in [4.69, 9.17) is 0 Å². The van der Waals surface area contributed by atoms with Crippen molar-refractivity contribution in [1.82, 2.24) is 25.3 Å². The molecule has 7 nitrogen and oxygen atoms in total. The van der Waals surface area contributed by atoms with E-state index in [1.165, 1.54) is 0 Å². The SMILES string of the molecule is CN=C(NCCc1cccc(C(=O)N(C)C)c1)NCc1cccc(-n2cccn2)c1. The fourth-order valence-corrected chi connectivity index (χ4v) is 3.08. The molecule has 3 rings (SSSR count). The van der Waals surface area contributed by atoms with Gasteiger partial charge in [0.15, 0.2) is 5.96 Å². The summed E-state index contributed by atoms with van der Waals surface area (Å²) in [6.07, 6.45) is 4.49. The molecule has 0 aliphatic carbocycles. The molecule has 2 aromatic carbocycles. The summed E-state index contributed by atoms with van der Waals surface area (Å²) in [5.74, 6) is 0.750. The molecule has 0 aliphatic heterocycles. The summed E-state index contributed by atoms with van der Waals surface area (Å²) in [4.78, 5) is 18.0. The molecule has 1 heterocycles. The predicted octanol–water partition coefficient (Wildman–Crippen LogP) is 2.48. The van der Waals surface area contributed by atoms with Crippen LogP contribution in [0.1, 0.15) is 21.5 Å². The molecule has 0 spiro atoms. The standard InChI is InChI=1S/C23H28N6O/c1-24-23(25-13-11-18-7-4-9-20(15-18)22(30)28(2)3)26-17-19-8-5-10-21(16-19)29-14-6-12-27-29/h4-10,12,14-16H,11,13,17H2,1-3H3,(H2,24,25,26). The summed E-state index contributed by atoms with van der Waals surface area (Å²) in [7, 11) is 5.28. The van der Waals surface area contributed by atoms with Gasteiger partial charge in [-0.25, -0.2) is 4.68 Å². The molecule has 1 aromatic heterocycles. The highest BCUT2D eigenvalue weighted by atomic mass is 16.2. The molecule has 0 radical (unpaired) electrons. The van der Waals surface area contributed by atoms with Crippen LogP contribution in [-0.4, -0.2) is 54.2 Å². The van der Waals surface area contributed by atoms with E-state index in [1.54, 1.807) is 32.2 Å². The van der Waals surface area contributed by atoms with Crippen LogP contribution in [0.3, 0.4) is 0 Å². The zero-order chi connectivity index (χ0) is 21.3. The summed E-state index contributed by atoms with van der Waals surface area (Å²) >= 11 is 0. The molecule has 1 amide bonds. The molecule has 0 saturated carbocycles. The number of rotatable bonds is 7. The highest BCUT2D eigenvalue weighted by molar-refractivity contribution is 5.94. The molecule has 0 bridgehead atoms. The van der Waals surface area contributed by atoms with Crippen LogP contribution < -0.4 is 10.6 Å². The number of benzene rings is 2. The third kappa shape index (κ3) is 5.70. The van der Waals surface area contributed by atoms with E-state index in [1.807, 2.05) is 53.3 Å². The van der Waals surface area contributed by atoms with Gasteiger partial charge in [-0.2, -0.15) is 5.10 Å². The van der Waals surface area contributed by atoms with E-state index in [-0.39, 0.29) is 5.91 Å². The van der Waals surface area contributed by atoms with Gasteiger partial charge in [0.2, 0.25) is 0 Å². The number of hydrogen-bond acceptors (Lipinski definition) is 3. The minimum absolute atomic E-state index is 0.0135. The molecular formula is C23H28N6O. The Kier molecular flexibility index (Phi) is 7.21. The van der Waals surface area contributed by atoms with Gasteiger partial charge in [-0.1, -0.05) is 24.3 Å². The second-order valence-corrected chi connectivity index (χ2v) is 7.12. The van der Waals surface area contributed by atoms with E-state index in [2.05, 4.69) is 32.9 Å². The van der Waals surface area contributed by atoms with Gasteiger partial charge in [-0.05, 0) is 47.9 Å². The molecule has 156 valence electrons. The second-order valence-electron chi connectivity index (χ2n) is 7.12. The van der Waals surface area contributed by atoms with Crippen molar-refractivity contribution in [2.24, 2.45) is 4.99 Å². The smallest absolute Gasteiger partial charge is 0.253 e. The van der Waals surface area contributed by atoms with Gasteiger partial charge in [0.05, 0.1) is 5.69 Å². The van der Waals surface area contributed by atoms with E-state index in [9.17, 15) is 4.79 Å². The van der Waals surface area contributed by atoms with Gasteiger partial charge >= 0.3 is 0 Å². The summed E-state index contributed by atoms with van der Waals surface area (Å²) in [6.45, 7) is 1.37. The zero-order valence-corrected chi connectivity index (χ0v) is 17.7. The number of hydrogen-bond donors (Lipinski definition) is 2. The van der Waals surface area contributed by atoms with E-state index >= 15 is 0 Å². The molecule has 0 aliphatic rings. The number of aromatic nitrogens is 2. The van der Waals surface area contributed by atoms with Crippen LogP contribution in [-0.2, 0) is 13.0 Å². The molecule has 3 aromatic rings. The van der Waals surface area contributed by atoms with Gasteiger partial charge in [0, 0.05) is 52.2 Å². The van der Waals surface area contributed by atoms with Crippen molar-refractivity contribution >= 4 is 11.9 Å². The lowest BCUT2D eigenvalue weighted by molar-refractivity contribution is 0.0827. The Morgan fingerprint density at radius 1 is 1.07 bits per heavy atom. The minimum Gasteiger partial charge on any atom is -0.356 e. The number of guanidine groups is 1. The van der Waals surface area contributed by atoms with Gasteiger partial charge in [-0.3, -0.25) is 9.79 Å². The van der Waals surface area contributed by atoms with Gasteiger partial charge < -0.3 is 15.5 Å². The van der Waals surface area contributed by atoms with Gasteiger partial charge in [-0.15, -0.1) is 0 Å². The summed E-state index contributed by atoms with van der Waals surface area (Å²) in [5, 5.41) is 10.9. The van der Waals surface area contributed by atoms with Crippen LogP contribution in [0, 0.1) is 0 Å². The Morgan fingerprint density at radius 3 is 2.60 bits per heavy atom. The maximum atomic E-state index is 12.1. The topological polar surface area (TPSA) is 74.6 Å². The Balaban J connectivity index is 1.51. The summed E-state index contributed by atoms with van der Waals surface area (Å²) in [5.41, 5.74) is 3.98. The molecule has 30 heavy (non-hydrogen) atoms. The van der Waals surface area contributed by atoms with Crippen LogP contribution in [0.25, 0.3) is 5.69 Å². The Labute approximate surface area is 177 Å². The van der Waals surface area contributed by atoms with Crippen molar-refractivity contribution in [3.05, 3.63) is 83.7 Å². The fourth-order valence-electron chi connectivity index (χ4n) is 3.08. The molecular weight excluding hydrogens is 376 g/mol. The van der Waals surface area contributed by atoms with E-state index in [0.717, 1.165) is 29.2 Å². The largest absolute Gasteiger partial charge is 0.356 e. The van der Waals surface area contributed by atoms with Gasteiger partial charge in [0.1, 0.15) is 0 Å². The van der Waals surface area contributed by atoms with Gasteiger partial charge in [0.25, 0.3) is 5.91 Å².